The van der Waals surface area contributed by atoms with E-state index in [2.05, 4.69) is 37.8 Å². The second kappa shape index (κ2) is 3.58. The Morgan fingerprint density at radius 1 is 1.44 bits per heavy atom. The van der Waals surface area contributed by atoms with E-state index in [0.29, 0.717) is 11.8 Å². The van der Waals surface area contributed by atoms with E-state index < -0.39 is 0 Å². The number of nitrogens with two attached hydrogens (primary N) is 1. The van der Waals surface area contributed by atoms with Crippen molar-refractivity contribution in [3.63, 3.8) is 0 Å². The van der Waals surface area contributed by atoms with Gasteiger partial charge in [0.15, 0.2) is 0 Å². The summed E-state index contributed by atoms with van der Waals surface area (Å²) in [5.41, 5.74) is 11.1. The zero-order valence-electron chi connectivity index (χ0n) is 11.4. The van der Waals surface area contributed by atoms with Crippen molar-refractivity contribution in [2.24, 2.45) is 5.73 Å². The fraction of sp³-hybridized carbons (Fsp3) is 0.533. The third kappa shape index (κ3) is 1.20. The Kier molecular flexibility index (Phi) is 2.33. The van der Waals surface area contributed by atoms with Crippen LogP contribution in [0.4, 0.5) is 0 Å². The summed E-state index contributed by atoms with van der Waals surface area (Å²) in [4.78, 5) is 2.41. The van der Waals surface area contributed by atoms with Crippen LogP contribution in [0.15, 0.2) is 12.1 Å². The Bertz CT molecular complexity index is 535. The van der Waals surface area contributed by atoms with Crippen LogP contribution in [0.1, 0.15) is 35.1 Å². The molecule has 0 saturated carbocycles. The molecular weight excluding hydrogens is 222 g/mol. The van der Waals surface area contributed by atoms with E-state index in [9.17, 15) is 0 Å². The van der Waals surface area contributed by atoms with Crippen molar-refractivity contribution in [3.05, 3.63) is 34.4 Å². The van der Waals surface area contributed by atoms with Gasteiger partial charge in [0.05, 0.1) is 5.41 Å². The second-order valence-corrected chi connectivity index (χ2v) is 5.79. The molecule has 1 aliphatic carbocycles. The Morgan fingerprint density at radius 3 is 2.72 bits per heavy atom. The van der Waals surface area contributed by atoms with Gasteiger partial charge in [-0.1, -0.05) is 19.1 Å². The largest absolute Gasteiger partial charge is 0.387 e. The number of nitrogens with one attached hydrogen (secondary N) is 1. The Morgan fingerprint density at radius 2 is 2.11 bits per heavy atom. The normalized spacial score (nSPS) is 29.6. The third-order valence-corrected chi connectivity index (χ3v) is 4.96. The van der Waals surface area contributed by atoms with Gasteiger partial charge < -0.3 is 10.6 Å². The highest BCUT2D eigenvalue weighted by molar-refractivity contribution is 5.95. The van der Waals surface area contributed by atoms with Crippen LogP contribution in [0.2, 0.25) is 0 Å². The predicted octanol–water partition coefficient (Wildman–Crippen LogP) is 1.91. The number of amidine groups is 1. The molecule has 1 fully saturated rings. The van der Waals surface area contributed by atoms with E-state index in [0.717, 1.165) is 19.6 Å². The van der Waals surface area contributed by atoms with Gasteiger partial charge in [-0.2, -0.15) is 0 Å². The molecule has 1 aliphatic heterocycles. The number of rotatable bonds is 2. The molecule has 1 aromatic carbocycles. The zero-order chi connectivity index (χ0) is 13.1. The van der Waals surface area contributed by atoms with Crippen LogP contribution in [-0.4, -0.2) is 30.4 Å². The maximum absolute atomic E-state index is 8.04. The molecule has 0 amide bonds. The quantitative estimate of drug-likeness (QED) is 0.616. The first kappa shape index (κ1) is 11.7. The fourth-order valence-electron chi connectivity index (χ4n) is 3.67. The first-order valence-corrected chi connectivity index (χ1v) is 6.69. The van der Waals surface area contributed by atoms with Crippen molar-refractivity contribution < 1.29 is 0 Å². The molecule has 1 heterocycles. The molecule has 18 heavy (non-hydrogen) atoms. The van der Waals surface area contributed by atoms with Gasteiger partial charge in [-0.05, 0) is 42.6 Å². The van der Waals surface area contributed by atoms with Crippen molar-refractivity contribution in [2.45, 2.75) is 32.1 Å². The van der Waals surface area contributed by atoms with E-state index >= 15 is 0 Å². The molecule has 2 unspecified atom stereocenters. The Labute approximate surface area is 108 Å². The van der Waals surface area contributed by atoms with E-state index in [1.54, 1.807) is 0 Å². The van der Waals surface area contributed by atoms with Gasteiger partial charge in [-0.25, -0.2) is 0 Å². The molecule has 2 aliphatic rings. The van der Waals surface area contributed by atoms with Crippen molar-refractivity contribution in [3.8, 4) is 0 Å². The number of aryl methyl sites for hydroxylation is 2. The zero-order valence-corrected chi connectivity index (χ0v) is 11.4. The van der Waals surface area contributed by atoms with E-state index in [4.69, 9.17) is 11.1 Å². The Balaban J connectivity index is 2.13. The van der Waals surface area contributed by atoms with Crippen molar-refractivity contribution in [1.29, 1.82) is 5.41 Å². The molecule has 3 heteroatoms. The summed E-state index contributed by atoms with van der Waals surface area (Å²) >= 11 is 0. The van der Waals surface area contributed by atoms with E-state index in [1.807, 2.05) is 0 Å². The minimum Gasteiger partial charge on any atom is -0.387 e. The summed E-state index contributed by atoms with van der Waals surface area (Å²) in [5, 5.41) is 8.04. The lowest BCUT2D eigenvalue weighted by Gasteiger charge is -2.46. The molecule has 1 saturated heterocycles. The molecule has 0 radical (unpaired) electrons. The number of hydrogen-bond acceptors (Lipinski definition) is 2. The highest BCUT2D eigenvalue weighted by Gasteiger charge is 2.59. The summed E-state index contributed by atoms with van der Waals surface area (Å²) in [5.74, 6) is 0.781. The van der Waals surface area contributed by atoms with Crippen LogP contribution in [0, 0.1) is 19.3 Å². The van der Waals surface area contributed by atoms with Crippen LogP contribution in [-0.2, 0) is 5.41 Å². The average molecular weight is 243 g/mol. The smallest absolute Gasteiger partial charge is 0.103 e. The SMILES string of the molecule is CCN1CC2c3cc(C)c(C)cc3C2(C(=N)N)C1. The molecular formula is C15H21N3. The molecule has 3 rings (SSSR count). The van der Waals surface area contributed by atoms with Crippen LogP contribution >= 0.6 is 0 Å². The van der Waals surface area contributed by atoms with E-state index in [-0.39, 0.29) is 5.41 Å². The number of likely N-dealkylation sites (N-methyl/N-ethyl adjacent to an activating group) is 1. The molecule has 0 spiro atoms. The maximum Gasteiger partial charge on any atom is 0.103 e. The molecule has 2 atom stereocenters. The van der Waals surface area contributed by atoms with Crippen molar-refractivity contribution >= 4 is 5.84 Å². The van der Waals surface area contributed by atoms with Crippen molar-refractivity contribution in [1.82, 2.24) is 4.90 Å². The lowest BCUT2D eigenvalue weighted by Crippen LogP contribution is -2.53. The number of fused-ring (bicyclic) bond motifs is 4. The fourth-order valence-corrected chi connectivity index (χ4v) is 3.67. The van der Waals surface area contributed by atoms with Crippen molar-refractivity contribution in [2.75, 3.05) is 19.6 Å². The summed E-state index contributed by atoms with van der Waals surface area (Å²) in [6.07, 6.45) is 0. The molecule has 0 bridgehead atoms. The monoisotopic (exact) mass is 243 g/mol. The summed E-state index contributed by atoms with van der Waals surface area (Å²) in [6.45, 7) is 9.49. The van der Waals surface area contributed by atoms with Crippen LogP contribution in [0.5, 0.6) is 0 Å². The molecule has 1 aromatic rings. The third-order valence-electron chi connectivity index (χ3n) is 4.96. The van der Waals surface area contributed by atoms with Gasteiger partial charge >= 0.3 is 0 Å². The predicted molar refractivity (Wildman–Crippen MR) is 74.4 cm³/mol. The number of likely N-dealkylation sites (tertiary alicyclic amines) is 1. The molecule has 3 N–H and O–H groups in total. The molecule has 3 nitrogen and oxygen atoms in total. The van der Waals surface area contributed by atoms with Gasteiger partial charge in [0.1, 0.15) is 5.84 Å². The van der Waals surface area contributed by atoms with Gasteiger partial charge in [0, 0.05) is 19.0 Å². The van der Waals surface area contributed by atoms with Crippen LogP contribution in [0.25, 0.3) is 0 Å². The van der Waals surface area contributed by atoms with Gasteiger partial charge in [0.2, 0.25) is 0 Å². The minimum absolute atomic E-state index is 0.191. The summed E-state index contributed by atoms with van der Waals surface area (Å²) in [7, 11) is 0. The molecule has 96 valence electrons. The van der Waals surface area contributed by atoms with E-state index in [1.165, 1.54) is 22.3 Å². The summed E-state index contributed by atoms with van der Waals surface area (Å²) in [6, 6.07) is 4.55. The Hall–Kier alpha value is -1.35. The lowest BCUT2D eigenvalue weighted by molar-refractivity contribution is 0.347. The number of benzene rings is 1. The highest BCUT2D eigenvalue weighted by Crippen LogP contribution is 2.56. The highest BCUT2D eigenvalue weighted by atomic mass is 15.2. The lowest BCUT2D eigenvalue weighted by atomic mass is 9.56. The van der Waals surface area contributed by atoms with Gasteiger partial charge in [0.25, 0.3) is 0 Å². The first-order chi connectivity index (χ1) is 8.50. The van der Waals surface area contributed by atoms with Crippen LogP contribution in [0.3, 0.4) is 0 Å². The number of nitrogens with zero attached hydrogens (tertiary/aromatic N) is 1. The van der Waals surface area contributed by atoms with Crippen LogP contribution < -0.4 is 5.73 Å². The first-order valence-electron chi connectivity index (χ1n) is 6.69. The van der Waals surface area contributed by atoms with Gasteiger partial charge in [-0.3, -0.25) is 5.41 Å². The maximum atomic E-state index is 8.04. The average Bonchev–Trinajstić information content (AvgIpc) is 2.67. The summed E-state index contributed by atoms with van der Waals surface area (Å²) < 4.78 is 0. The minimum atomic E-state index is -0.191. The molecule has 0 aromatic heterocycles. The number of hydrogen-bond donors (Lipinski definition) is 2. The topological polar surface area (TPSA) is 53.1 Å². The second-order valence-electron chi connectivity index (χ2n) is 5.79. The van der Waals surface area contributed by atoms with Gasteiger partial charge in [-0.15, -0.1) is 0 Å². The standard InChI is InChI=1S/C15H21N3/c1-4-18-7-13-11-5-9(2)10(3)6-12(11)15(13,8-18)14(16)17/h5-6,13H,4,7-8H2,1-3H3,(H3,16,17).